The molecule has 2 rings (SSSR count). The highest BCUT2D eigenvalue weighted by Gasteiger charge is 2.35. The van der Waals surface area contributed by atoms with Crippen LogP contribution in [0.4, 0.5) is 5.69 Å². The van der Waals surface area contributed by atoms with Crippen LogP contribution in [0.3, 0.4) is 0 Å². The topological polar surface area (TPSA) is 90.3 Å². The van der Waals surface area contributed by atoms with Gasteiger partial charge in [-0.25, -0.2) is 8.42 Å². The van der Waals surface area contributed by atoms with Gasteiger partial charge in [-0.05, 0) is 51.0 Å². The lowest BCUT2D eigenvalue weighted by Gasteiger charge is -2.37. The third-order valence-corrected chi connectivity index (χ3v) is 6.21. The molecule has 1 fully saturated rings. The first kappa shape index (κ1) is 17.4. The molecule has 0 spiro atoms. The number of rotatable bonds is 4. The first-order valence-corrected chi connectivity index (χ1v) is 9.10. The fourth-order valence-electron chi connectivity index (χ4n) is 2.98. The normalized spacial score (nSPS) is 22.3. The molecule has 1 N–H and O–H groups in total. The zero-order valence-electron chi connectivity index (χ0n) is 13.3. The smallest absolute Gasteiger partial charge is 0.243 e. The van der Waals surface area contributed by atoms with Gasteiger partial charge in [0.15, 0.2) is 0 Å². The monoisotopic (exact) mass is 335 g/mol. The molecule has 124 valence electrons. The molecular weight excluding hydrogens is 314 g/mol. The zero-order valence-corrected chi connectivity index (χ0v) is 14.1. The van der Waals surface area contributed by atoms with Gasteiger partial charge in [0, 0.05) is 17.8 Å². The van der Waals surface area contributed by atoms with E-state index in [0.29, 0.717) is 5.69 Å². The van der Waals surface area contributed by atoms with Crippen LogP contribution < -0.4 is 5.32 Å². The van der Waals surface area contributed by atoms with Gasteiger partial charge in [0.1, 0.15) is 6.42 Å². The van der Waals surface area contributed by atoms with Gasteiger partial charge >= 0.3 is 0 Å². The van der Waals surface area contributed by atoms with Crippen molar-refractivity contribution >= 4 is 21.6 Å². The molecule has 0 saturated carbocycles. The summed E-state index contributed by atoms with van der Waals surface area (Å²) in [5, 5.41) is 11.0. The van der Waals surface area contributed by atoms with Crippen LogP contribution in [0.15, 0.2) is 29.2 Å². The lowest BCUT2D eigenvalue weighted by molar-refractivity contribution is -0.115. The summed E-state index contributed by atoms with van der Waals surface area (Å²) in [5.74, 6) is -0.415. The molecule has 1 aromatic carbocycles. The van der Waals surface area contributed by atoms with Crippen molar-refractivity contribution in [2.45, 2.75) is 56.5 Å². The SMILES string of the molecule is CC1CCCC(C)N1S(=O)(=O)c1ccc(NC(=O)CC#N)cc1. The number of carbonyl (C=O) groups excluding carboxylic acids is 1. The van der Waals surface area contributed by atoms with E-state index in [1.165, 1.54) is 12.1 Å². The Balaban J connectivity index is 2.20. The van der Waals surface area contributed by atoms with Crippen molar-refractivity contribution in [3.8, 4) is 6.07 Å². The molecule has 1 amide bonds. The van der Waals surface area contributed by atoms with E-state index in [2.05, 4.69) is 5.32 Å². The summed E-state index contributed by atoms with van der Waals surface area (Å²) in [6.45, 7) is 3.87. The Bertz CT molecular complexity index is 697. The molecule has 0 aromatic heterocycles. The summed E-state index contributed by atoms with van der Waals surface area (Å²) >= 11 is 0. The molecule has 1 aliphatic rings. The van der Waals surface area contributed by atoms with Crippen LogP contribution >= 0.6 is 0 Å². The minimum absolute atomic E-state index is 0.0150. The number of nitrogens with zero attached hydrogens (tertiary/aromatic N) is 2. The molecule has 1 saturated heterocycles. The minimum atomic E-state index is -3.55. The van der Waals surface area contributed by atoms with E-state index in [0.717, 1.165) is 19.3 Å². The number of piperidine rings is 1. The minimum Gasteiger partial charge on any atom is -0.325 e. The summed E-state index contributed by atoms with van der Waals surface area (Å²) in [6, 6.07) is 7.80. The van der Waals surface area contributed by atoms with Gasteiger partial charge < -0.3 is 5.32 Å². The maximum Gasteiger partial charge on any atom is 0.243 e. The molecule has 6 nitrogen and oxygen atoms in total. The third kappa shape index (κ3) is 3.89. The Morgan fingerprint density at radius 1 is 1.26 bits per heavy atom. The van der Waals surface area contributed by atoms with Crippen LogP contribution in [0, 0.1) is 11.3 Å². The van der Waals surface area contributed by atoms with Gasteiger partial charge in [-0.15, -0.1) is 0 Å². The van der Waals surface area contributed by atoms with Crippen molar-refractivity contribution in [3.63, 3.8) is 0 Å². The average molecular weight is 335 g/mol. The van der Waals surface area contributed by atoms with Gasteiger partial charge in [-0.2, -0.15) is 9.57 Å². The summed E-state index contributed by atoms with van der Waals surface area (Å²) in [5.41, 5.74) is 0.476. The van der Waals surface area contributed by atoms with E-state index in [1.807, 2.05) is 13.8 Å². The Morgan fingerprint density at radius 3 is 2.35 bits per heavy atom. The second-order valence-corrected chi connectivity index (χ2v) is 7.71. The number of anilines is 1. The molecule has 7 heteroatoms. The summed E-state index contributed by atoms with van der Waals surface area (Å²) in [4.78, 5) is 11.6. The highest BCUT2D eigenvalue weighted by molar-refractivity contribution is 7.89. The maximum absolute atomic E-state index is 12.8. The van der Waals surface area contributed by atoms with Crippen molar-refractivity contribution in [1.29, 1.82) is 5.26 Å². The number of carbonyl (C=O) groups is 1. The molecular formula is C16H21N3O3S. The summed E-state index contributed by atoms with van der Waals surface area (Å²) < 4.78 is 27.3. The van der Waals surface area contributed by atoms with E-state index in [9.17, 15) is 13.2 Å². The average Bonchev–Trinajstić information content (AvgIpc) is 2.47. The first-order chi connectivity index (χ1) is 10.9. The van der Waals surface area contributed by atoms with E-state index in [1.54, 1.807) is 22.5 Å². The predicted octanol–water partition coefficient (Wildman–Crippen LogP) is 2.49. The standard InChI is InChI=1S/C16H21N3O3S/c1-12-4-3-5-13(2)19(12)23(21,22)15-8-6-14(7-9-15)18-16(20)10-11-17/h6-9,12-13H,3-5,10H2,1-2H3,(H,18,20). The molecule has 1 aromatic rings. The van der Waals surface area contributed by atoms with Crippen LogP contribution in [0.25, 0.3) is 0 Å². The third-order valence-electron chi connectivity index (χ3n) is 4.07. The van der Waals surface area contributed by atoms with Gasteiger partial charge in [0.25, 0.3) is 0 Å². The lowest BCUT2D eigenvalue weighted by Crippen LogP contribution is -2.47. The molecule has 1 heterocycles. The Labute approximate surface area is 137 Å². The van der Waals surface area contributed by atoms with Crippen LogP contribution in [0.2, 0.25) is 0 Å². The second kappa shape index (κ2) is 7.11. The Morgan fingerprint density at radius 2 is 1.83 bits per heavy atom. The van der Waals surface area contributed by atoms with Gasteiger partial charge in [-0.1, -0.05) is 6.42 Å². The first-order valence-electron chi connectivity index (χ1n) is 7.66. The maximum atomic E-state index is 12.8. The summed E-state index contributed by atoms with van der Waals surface area (Å²) in [6.07, 6.45) is 2.54. The number of benzene rings is 1. The van der Waals surface area contributed by atoms with Crippen molar-refractivity contribution < 1.29 is 13.2 Å². The number of hydrogen-bond acceptors (Lipinski definition) is 4. The molecule has 0 radical (unpaired) electrons. The van der Waals surface area contributed by atoms with Gasteiger partial charge in [0.05, 0.1) is 11.0 Å². The zero-order chi connectivity index (χ0) is 17.0. The molecule has 23 heavy (non-hydrogen) atoms. The molecule has 0 bridgehead atoms. The van der Waals surface area contributed by atoms with Crippen LogP contribution in [0.5, 0.6) is 0 Å². The number of nitriles is 1. The highest BCUT2D eigenvalue weighted by atomic mass is 32.2. The van der Waals surface area contributed by atoms with Gasteiger partial charge in [0.2, 0.25) is 15.9 Å². The van der Waals surface area contributed by atoms with Crippen LogP contribution in [-0.4, -0.2) is 30.7 Å². The van der Waals surface area contributed by atoms with Crippen LogP contribution in [0.1, 0.15) is 39.5 Å². The molecule has 2 atom stereocenters. The number of hydrogen-bond donors (Lipinski definition) is 1. The summed E-state index contributed by atoms with van der Waals surface area (Å²) in [7, 11) is -3.55. The van der Waals surface area contributed by atoms with Crippen molar-refractivity contribution in [2.75, 3.05) is 5.32 Å². The Hall–Kier alpha value is -1.91. The van der Waals surface area contributed by atoms with Crippen molar-refractivity contribution in [1.82, 2.24) is 4.31 Å². The molecule has 0 aliphatic carbocycles. The number of amides is 1. The van der Waals surface area contributed by atoms with E-state index >= 15 is 0 Å². The fraction of sp³-hybridized carbons (Fsp3) is 0.500. The van der Waals surface area contributed by atoms with Gasteiger partial charge in [-0.3, -0.25) is 4.79 Å². The van der Waals surface area contributed by atoms with E-state index < -0.39 is 15.9 Å². The molecule has 2 unspecified atom stereocenters. The van der Waals surface area contributed by atoms with Crippen molar-refractivity contribution in [2.24, 2.45) is 0 Å². The number of sulfonamides is 1. The van der Waals surface area contributed by atoms with Crippen molar-refractivity contribution in [3.05, 3.63) is 24.3 Å². The highest BCUT2D eigenvalue weighted by Crippen LogP contribution is 2.29. The Kier molecular flexibility index (Phi) is 5.39. The fourth-order valence-corrected chi connectivity index (χ4v) is 4.86. The number of nitrogens with one attached hydrogen (secondary N) is 1. The quantitative estimate of drug-likeness (QED) is 0.915. The second-order valence-electron chi connectivity index (χ2n) is 5.87. The molecule has 1 aliphatic heterocycles. The van der Waals surface area contributed by atoms with Crippen LogP contribution in [-0.2, 0) is 14.8 Å². The largest absolute Gasteiger partial charge is 0.325 e. The lowest BCUT2D eigenvalue weighted by atomic mass is 10.0. The van der Waals surface area contributed by atoms with E-state index in [-0.39, 0.29) is 23.4 Å². The predicted molar refractivity (Wildman–Crippen MR) is 87.1 cm³/mol. The van der Waals surface area contributed by atoms with E-state index in [4.69, 9.17) is 5.26 Å².